The second-order valence-corrected chi connectivity index (χ2v) is 8.84. The van der Waals surface area contributed by atoms with Crippen LogP contribution in [-0.2, 0) is 9.53 Å². The third kappa shape index (κ3) is 3.26. The molecule has 0 spiro atoms. The highest BCUT2D eigenvalue weighted by Crippen LogP contribution is 2.59. The van der Waals surface area contributed by atoms with E-state index in [1.54, 1.807) is 18.2 Å². The summed E-state index contributed by atoms with van der Waals surface area (Å²) in [4.78, 5) is 24.4. The molecular weight excluding hydrogens is 346 g/mol. The highest BCUT2D eigenvalue weighted by Gasteiger charge is 2.50. The topological polar surface area (TPSA) is 73.9 Å². The van der Waals surface area contributed by atoms with Gasteiger partial charge in [0.1, 0.15) is 0 Å². The molecule has 144 valence electrons. The van der Waals surface area contributed by atoms with Crippen molar-refractivity contribution in [1.82, 2.24) is 5.32 Å². The lowest BCUT2D eigenvalue weighted by Crippen LogP contribution is -2.51. The van der Waals surface area contributed by atoms with E-state index in [0.29, 0.717) is 17.1 Å². The van der Waals surface area contributed by atoms with Gasteiger partial charge < -0.3 is 19.5 Å². The average Bonchev–Trinajstić information content (AvgIpc) is 3.11. The van der Waals surface area contributed by atoms with Crippen LogP contribution >= 0.6 is 0 Å². The van der Waals surface area contributed by atoms with Gasteiger partial charge in [0.2, 0.25) is 6.79 Å². The van der Waals surface area contributed by atoms with Gasteiger partial charge in [-0.25, -0.2) is 4.79 Å². The third-order valence-electron chi connectivity index (χ3n) is 6.77. The molecule has 6 rings (SSSR count). The first-order valence-corrected chi connectivity index (χ1v) is 9.92. The summed E-state index contributed by atoms with van der Waals surface area (Å²) in [7, 11) is 0. The highest BCUT2D eigenvalue weighted by atomic mass is 16.7. The molecule has 1 N–H and O–H groups in total. The Bertz CT molecular complexity index is 739. The Kier molecular flexibility index (Phi) is 4.02. The first-order chi connectivity index (χ1) is 13.1. The van der Waals surface area contributed by atoms with E-state index in [0.717, 1.165) is 24.3 Å². The zero-order chi connectivity index (χ0) is 18.4. The van der Waals surface area contributed by atoms with Gasteiger partial charge in [0.15, 0.2) is 18.1 Å². The fourth-order valence-electron chi connectivity index (χ4n) is 6.08. The molecule has 6 heteroatoms. The molecule has 0 saturated heterocycles. The molecule has 4 fully saturated rings. The lowest BCUT2D eigenvalue weighted by atomic mass is 9.49. The van der Waals surface area contributed by atoms with Crippen LogP contribution in [0.4, 0.5) is 0 Å². The lowest BCUT2D eigenvalue weighted by molar-refractivity contribution is -0.126. The number of carbonyl (C=O) groups is 2. The summed E-state index contributed by atoms with van der Waals surface area (Å²) in [5.74, 6) is 2.96. The molecule has 6 nitrogen and oxygen atoms in total. The molecule has 1 heterocycles. The maximum atomic E-state index is 12.2. The van der Waals surface area contributed by atoms with Crippen molar-refractivity contribution in [3.8, 4) is 11.5 Å². The summed E-state index contributed by atoms with van der Waals surface area (Å²) in [6.45, 7) is 0.622. The van der Waals surface area contributed by atoms with Gasteiger partial charge in [-0.2, -0.15) is 0 Å². The predicted molar refractivity (Wildman–Crippen MR) is 96.5 cm³/mol. The smallest absolute Gasteiger partial charge is 0.338 e. The zero-order valence-corrected chi connectivity index (χ0v) is 15.4. The van der Waals surface area contributed by atoms with E-state index in [-0.39, 0.29) is 24.7 Å². The van der Waals surface area contributed by atoms with Crippen LogP contribution < -0.4 is 14.8 Å². The Balaban J connectivity index is 1.12. The summed E-state index contributed by atoms with van der Waals surface area (Å²) in [5, 5.41) is 3.03. The fourth-order valence-corrected chi connectivity index (χ4v) is 6.08. The normalized spacial score (nSPS) is 32.4. The highest BCUT2D eigenvalue weighted by molar-refractivity contribution is 5.92. The Labute approximate surface area is 158 Å². The average molecular weight is 371 g/mol. The van der Waals surface area contributed by atoms with Gasteiger partial charge in [-0.3, -0.25) is 4.79 Å². The molecule has 27 heavy (non-hydrogen) atoms. The van der Waals surface area contributed by atoms with Crippen molar-refractivity contribution in [2.24, 2.45) is 23.2 Å². The maximum Gasteiger partial charge on any atom is 0.338 e. The van der Waals surface area contributed by atoms with Gasteiger partial charge in [-0.15, -0.1) is 0 Å². The van der Waals surface area contributed by atoms with Gasteiger partial charge in [-0.05, 0) is 79.9 Å². The van der Waals surface area contributed by atoms with E-state index < -0.39 is 5.97 Å². The van der Waals surface area contributed by atoms with Crippen LogP contribution in [0.5, 0.6) is 11.5 Å². The number of rotatable bonds is 5. The van der Waals surface area contributed by atoms with E-state index in [2.05, 4.69) is 5.32 Å². The molecule has 1 aliphatic heterocycles. The molecular formula is C21H25NO5. The summed E-state index contributed by atoms with van der Waals surface area (Å²) in [6.07, 6.45) is 7.91. The van der Waals surface area contributed by atoms with Crippen molar-refractivity contribution in [1.29, 1.82) is 0 Å². The fraction of sp³-hybridized carbons (Fsp3) is 0.619. The molecule has 4 aliphatic carbocycles. The second-order valence-electron chi connectivity index (χ2n) is 8.84. The van der Waals surface area contributed by atoms with Gasteiger partial charge >= 0.3 is 5.97 Å². The minimum atomic E-state index is -0.529. The number of amides is 1. The Morgan fingerprint density at radius 2 is 1.70 bits per heavy atom. The quantitative estimate of drug-likeness (QED) is 0.806. The number of esters is 1. The van der Waals surface area contributed by atoms with E-state index in [9.17, 15) is 9.59 Å². The first-order valence-electron chi connectivity index (χ1n) is 9.92. The van der Waals surface area contributed by atoms with Crippen molar-refractivity contribution >= 4 is 11.9 Å². The molecule has 1 aromatic carbocycles. The Morgan fingerprint density at radius 1 is 1.04 bits per heavy atom. The van der Waals surface area contributed by atoms with Crippen molar-refractivity contribution in [2.75, 3.05) is 19.9 Å². The van der Waals surface area contributed by atoms with Crippen molar-refractivity contribution in [3.63, 3.8) is 0 Å². The number of hydrogen-bond acceptors (Lipinski definition) is 5. The molecule has 1 amide bonds. The van der Waals surface area contributed by atoms with E-state index in [1.807, 2.05) is 0 Å². The minimum absolute atomic E-state index is 0.153. The lowest BCUT2D eigenvalue weighted by Gasteiger charge is -2.56. The van der Waals surface area contributed by atoms with Gasteiger partial charge in [0.25, 0.3) is 5.91 Å². The third-order valence-corrected chi connectivity index (χ3v) is 6.77. The summed E-state index contributed by atoms with van der Waals surface area (Å²) < 4.78 is 15.7. The Morgan fingerprint density at radius 3 is 2.41 bits per heavy atom. The van der Waals surface area contributed by atoms with Crippen LogP contribution in [0.15, 0.2) is 18.2 Å². The van der Waals surface area contributed by atoms with Crippen LogP contribution in [0.3, 0.4) is 0 Å². The predicted octanol–water partition coefficient (Wildman–Crippen LogP) is 2.90. The van der Waals surface area contributed by atoms with Crippen molar-refractivity contribution in [2.45, 2.75) is 38.5 Å². The number of carbonyl (C=O) groups excluding carboxylic acids is 2. The van der Waals surface area contributed by atoms with Gasteiger partial charge in [0, 0.05) is 6.54 Å². The summed E-state index contributed by atoms with van der Waals surface area (Å²) in [6, 6.07) is 4.87. The van der Waals surface area contributed by atoms with E-state index in [1.165, 1.54) is 38.5 Å². The summed E-state index contributed by atoms with van der Waals surface area (Å²) >= 11 is 0. The van der Waals surface area contributed by atoms with Crippen LogP contribution in [0.25, 0.3) is 0 Å². The van der Waals surface area contributed by atoms with Crippen LogP contribution in [0.2, 0.25) is 0 Å². The van der Waals surface area contributed by atoms with Gasteiger partial charge in [-0.1, -0.05) is 0 Å². The molecule has 0 aromatic heterocycles. The molecule has 0 radical (unpaired) electrons. The van der Waals surface area contributed by atoms with Gasteiger partial charge in [0.05, 0.1) is 5.56 Å². The number of fused-ring (bicyclic) bond motifs is 1. The van der Waals surface area contributed by atoms with Crippen LogP contribution in [0.1, 0.15) is 48.9 Å². The van der Waals surface area contributed by atoms with Crippen LogP contribution in [-0.4, -0.2) is 31.8 Å². The van der Waals surface area contributed by atoms with E-state index >= 15 is 0 Å². The minimum Gasteiger partial charge on any atom is -0.454 e. The molecule has 1 aromatic rings. The SMILES string of the molecule is O=C(COC(=O)c1ccc2c(c1)OCO2)NCC12CC3CC(CC(C3)C1)C2. The number of benzene rings is 1. The van der Waals surface area contributed by atoms with Crippen LogP contribution in [0, 0.1) is 23.2 Å². The number of nitrogens with one attached hydrogen (secondary N) is 1. The van der Waals surface area contributed by atoms with Crippen molar-refractivity contribution < 1.29 is 23.8 Å². The molecule has 4 saturated carbocycles. The maximum absolute atomic E-state index is 12.2. The standard InChI is InChI=1S/C21H25NO5/c23-19(10-25-20(24)16-1-2-17-18(6-16)27-12-26-17)22-11-21-7-13-3-14(8-21)5-15(4-13)9-21/h1-2,6,13-15H,3-5,7-12H2,(H,22,23). The summed E-state index contributed by atoms with van der Waals surface area (Å²) in [5.41, 5.74) is 0.638. The number of ether oxygens (including phenoxy) is 3. The van der Waals surface area contributed by atoms with E-state index in [4.69, 9.17) is 14.2 Å². The monoisotopic (exact) mass is 371 g/mol. The Hall–Kier alpha value is -2.24. The largest absolute Gasteiger partial charge is 0.454 e. The molecule has 5 aliphatic rings. The zero-order valence-electron chi connectivity index (χ0n) is 15.4. The molecule has 4 bridgehead atoms. The second kappa shape index (κ2) is 6.43. The molecule has 0 unspecified atom stereocenters. The molecule has 0 atom stereocenters. The first kappa shape index (κ1) is 16.9. The number of hydrogen-bond donors (Lipinski definition) is 1. The van der Waals surface area contributed by atoms with Crippen molar-refractivity contribution in [3.05, 3.63) is 23.8 Å².